The third-order valence-corrected chi connectivity index (χ3v) is 5.66. The second-order valence-electron chi connectivity index (χ2n) is 6.86. The standard InChI is InChI=1S/C23H25N3O4S/c1-5-14(2)24-21(27)15-9-6-7-11-17(15)25-22(28)18-13-31-23(26-18)16-10-8-12-19(29-3)20(16)30-4/h6-14H,5H2,1-4H3,(H,24,27)(H,25,28). The highest BCUT2D eigenvalue weighted by atomic mass is 32.1. The van der Waals surface area contributed by atoms with E-state index >= 15 is 0 Å². The SMILES string of the molecule is CCC(C)NC(=O)c1ccccc1NC(=O)c1csc(-c2cccc(OC)c2OC)n1. The highest BCUT2D eigenvalue weighted by Gasteiger charge is 2.19. The zero-order valence-electron chi connectivity index (χ0n) is 17.9. The van der Waals surface area contributed by atoms with E-state index in [9.17, 15) is 9.59 Å². The molecule has 2 N–H and O–H groups in total. The van der Waals surface area contributed by atoms with Crippen LogP contribution in [0.4, 0.5) is 5.69 Å². The summed E-state index contributed by atoms with van der Waals surface area (Å²) in [5.41, 5.74) is 1.82. The van der Waals surface area contributed by atoms with E-state index in [1.807, 2.05) is 26.0 Å². The van der Waals surface area contributed by atoms with Gasteiger partial charge in [0.25, 0.3) is 11.8 Å². The molecule has 2 aromatic carbocycles. The zero-order chi connectivity index (χ0) is 22.4. The average Bonchev–Trinajstić information content (AvgIpc) is 3.28. The van der Waals surface area contributed by atoms with Crippen molar-refractivity contribution in [2.24, 2.45) is 0 Å². The number of ether oxygens (including phenoxy) is 2. The molecule has 0 aliphatic carbocycles. The summed E-state index contributed by atoms with van der Waals surface area (Å²) in [6.07, 6.45) is 0.815. The van der Waals surface area contributed by atoms with E-state index < -0.39 is 5.91 Å². The third-order valence-electron chi connectivity index (χ3n) is 4.78. The largest absolute Gasteiger partial charge is 0.493 e. The second-order valence-corrected chi connectivity index (χ2v) is 7.72. The van der Waals surface area contributed by atoms with Gasteiger partial charge in [-0.3, -0.25) is 9.59 Å². The summed E-state index contributed by atoms with van der Waals surface area (Å²) in [5, 5.41) is 8.02. The second kappa shape index (κ2) is 10.1. The molecule has 3 rings (SSSR count). The molecular weight excluding hydrogens is 414 g/mol. The zero-order valence-corrected chi connectivity index (χ0v) is 18.7. The van der Waals surface area contributed by atoms with Crippen LogP contribution in [-0.4, -0.2) is 37.1 Å². The van der Waals surface area contributed by atoms with Gasteiger partial charge in [0, 0.05) is 11.4 Å². The van der Waals surface area contributed by atoms with E-state index in [0.29, 0.717) is 27.8 Å². The van der Waals surface area contributed by atoms with Crippen molar-refractivity contribution in [3.05, 3.63) is 59.1 Å². The molecule has 162 valence electrons. The van der Waals surface area contributed by atoms with Crippen LogP contribution in [-0.2, 0) is 0 Å². The van der Waals surface area contributed by atoms with Crippen LogP contribution in [0.5, 0.6) is 11.5 Å². The van der Waals surface area contributed by atoms with Crippen LogP contribution in [0.1, 0.15) is 41.1 Å². The monoisotopic (exact) mass is 439 g/mol. The predicted molar refractivity (Wildman–Crippen MR) is 122 cm³/mol. The number of para-hydroxylation sites is 2. The summed E-state index contributed by atoms with van der Waals surface area (Å²) in [6, 6.07) is 12.4. The molecule has 0 fully saturated rings. The Labute approximate surface area is 185 Å². The Morgan fingerprint density at radius 1 is 1.06 bits per heavy atom. The lowest BCUT2D eigenvalue weighted by molar-refractivity contribution is 0.0940. The van der Waals surface area contributed by atoms with Crippen molar-refractivity contribution >= 4 is 28.8 Å². The van der Waals surface area contributed by atoms with Crippen molar-refractivity contribution in [1.29, 1.82) is 0 Å². The molecule has 0 bridgehead atoms. The summed E-state index contributed by atoms with van der Waals surface area (Å²) in [6.45, 7) is 3.93. The molecule has 8 heteroatoms. The Bertz CT molecular complexity index is 1080. The van der Waals surface area contributed by atoms with Crippen LogP contribution < -0.4 is 20.1 Å². The smallest absolute Gasteiger partial charge is 0.275 e. The van der Waals surface area contributed by atoms with Crippen molar-refractivity contribution in [1.82, 2.24) is 10.3 Å². The number of hydrogen-bond donors (Lipinski definition) is 2. The summed E-state index contributed by atoms with van der Waals surface area (Å²) >= 11 is 1.33. The highest BCUT2D eigenvalue weighted by Crippen LogP contribution is 2.39. The number of amides is 2. The Morgan fingerprint density at radius 3 is 2.55 bits per heavy atom. The quantitative estimate of drug-likeness (QED) is 0.535. The van der Waals surface area contributed by atoms with Gasteiger partial charge in [0.2, 0.25) is 0 Å². The van der Waals surface area contributed by atoms with Crippen LogP contribution in [0.25, 0.3) is 10.6 Å². The lowest BCUT2D eigenvalue weighted by atomic mass is 10.1. The number of rotatable bonds is 8. The number of hydrogen-bond acceptors (Lipinski definition) is 6. The van der Waals surface area contributed by atoms with Gasteiger partial charge < -0.3 is 20.1 Å². The van der Waals surface area contributed by atoms with Gasteiger partial charge in [0.15, 0.2) is 11.5 Å². The molecule has 0 saturated carbocycles. The molecule has 1 heterocycles. The molecule has 1 atom stereocenters. The summed E-state index contributed by atoms with van der Waals surface area (Å²) in [5.74, 6) is 0.513. The maximum absolute atomic E-state index is 12.8. The van der Waals surface area contributed by atoms with Gasteiger partial charge >= 0.3 is 0 Å². The van der Waals surface area contributed by atoms with Crippen molar-refractivity contribution < 1.29 is 19.1 Å². The molecule has 1 unspecified atom stereocenters. The lowest BCUT2D eigenvalue weighted by Crippen LogP contribution is -2.32. The van der Waals surface area contributed by atoms with E-state index in [0.717, 1.165) is 12.0 Å². The van der Waals surface area contributed by atoms with Gasteiger partial charge in [0.1, 0.15) is 10.7 Å². The van der Waals surface area contributed by atoms with Crippen LogP contribution in [0.2, 0.25) is 0 Å². The molecule has 7 nitrogen and oxygen atoms in total. The first-order valence-corrected chi connectivity index (χ1v) is 10.7. The molecule has 0 saturated heterocycles. The maximum atomic E-state index is 12.8. The number of carbonyl (C=O) groups excluding carboxylic acids is 2. The normalized spacial score (nSPS) is 11.5. The molecule has 0 aliphatic heterocycles. The van der Waals surface area contributed by atoms with Crippen LogP contribution in [0, 0.1) is 0 Å². The topological polar surface area (TPSA) is 89.6 Å². The number of thiazole rings is 1. The fraction of sp³-hybridized carbons (Fsp3) is 0.261. The van der Waals surface area contributed by atoms with Crippen molar-refractivity contribution in [2.45, 2.75) is 26.3 Å². The molecule has 0 spiro atoms. The first-order chi connectivity index (χ1) is 15.0. The van der Waals surface area contributed by atoms with E-state index in [1.54, 1.807) is 49.9 Å². The molecule has 2 amide bonds. The Kier molecular flexibility index (Phi) is 7.25. The fourth-order valence-corrected chi connectivity index (χ4v) is 3.76. The predicted octanol–water partition coefficient (Wildman–Crippen LogP) is 4.61. The van der Waals surface area contributed by atoms with Gasteiger partial charge in [-0.1, -0.05) is 25.1 Å². The first kappa shape index (κ1) is 22.3. The Morgan fingerprint density at radius 2 is 1.84 bits per heavy atom. The summed E-state index contributed by atoms with van der Waals surface area (Å²) in [4.78, 5) is 29.9. The number of methoxy groups -OCH3 is 2. The Hall–Kier alpha value is -3.39. The maximum Gasteiger partial charge on any atom is 0.275 e. The molecule has 3 aromatic rings. The van der Waals surface area contributed by atoms with Crippen molar-refractivity contribution in [3.63, 3.8) is 0 Å². The minimum Gasteiger partial charge on any atom is -0.493 e. The number of nitrogens with zero attached hydrogens (tertiary/aromatic N) is 1. The fourth-order valence-electron chi connectivity index (χ4n) is 2.94. The van der Waals surface area contributed by atoms with E-state index in [1.165, 1.54) is 11.3 Å². The number of benzene rings is 2. The van der Waals surface area contributed by atoms with Crippen LogP contribution in [0.15, 0.2) is 47.8 Å². The van der Waals surface area contributed by atoms with Gasteiger partial charge in [-0.2, -0.15) is 0 Å². The highest BCUT2D eigenvalue weighted by molar-refractivity contribution is 7.13. The minimum absolute atomic E-state index is 0.0372. The number of carbonyl (C=O) groups is 2. The van der Waals surface area contributed by atoms with Crippen LogP contribution in [0.3, 0.4) is 0 Å². The molecule has 31 heavy (non-hydrogen) atoms. The number of anilines is 1. The van der Waals surface area contributed by atoms with Gasteiger partial charge in [-0.25, -0.2) is 4.98 Å². The number of nitrogens with one attached hydrogen (secondary N) is 2. The molecule has 1 aromatic heterocycles. The Balaban J connectivity index is 1.83. The average molecular weight is 440 g/mol. The van der Waals surface area contributed by atoms with Crippen molar-refractivity contribution in [2.75, 3.05) is 19.5 Å². The molecule has 0 aliphatic rings. The van der Waals surface area contributed by atoms with E-state index in [-0.39, 0.29) is 17.6 Å². The number of aromatic nitrogens is 1. The van der Waals surface area contributed by atoms with Crippen LogP contribution >= 0.6 is 11.3 Å². The van der Waals surface area contributed by atoms with E-state index in [2.05, 4.69) is 15.6 Å². The van der Waals surface area contributed by atoms with E-state index in [4.69, 9.17) is 9.47 Å². The van der Waals surface area contributed by atoms with Crippen molar-refractivity contribution in [3.8, 4) is 22.1 Å². The molecular formula is C23H25N3O4S. The summed E-state index contributed by atoms with van der Waals surface area (Å²) < 4.78 is 10.8. The summed E-state index contributed by atoms with van der Waals surface area (Å²) in [7, 11) is 3.13. The third kappa shape index (κ3) is 5.03. The van der Waals surface area contributed by atoms with Gasteiger partial charge in [-0.05, 0) is 37.6 Å². The molecule has 0 radical (unpaired) electrons. The first-order valence-electron chi connectivity index (χ1n) is 9.86. The lowest BCUT2D eigenvalue weighted by Gasteiger charge is -2.14. The minimum atomic E-state index is -0.395. The van der Waals surface area contributed by atoms with Gasteiger partial charge in [0.05, 0.1) is 31.0 Å². The van der Waals surface area contributed by atoms with Gasteiger partial charge in [-0.15, -0.1) is 11.3 Å².